The van der Waals surface area contributed by atoms with Crippen LogP contribution in [0.15, 0.2) is 102 Å². The Hall–Kier alpha value is -5.02. The smallest absolute Gasteiger partial charge is 0.305 e. The normalized spacial score (nSPS) is 15.8. The van der Waals surface area contributed by atoms with E-state index in [0.717, 1.165) is 60.2 Å². The predicted molar refractivity (Wildman–Crippen MR) is 158 cm³/mol. The molecule has 0 radical (unpaired) electrons. The van der Waals surface area contributed by atoms with E-state index in [2.05, 4.69) is 54.3 Å². The molecular formula is C32H28N8O. The highest BCUT2D eigenvalue weighted by atomic mass is 16.1. The maximum atomic E-state index is 13.0. The highest BCUT2D eigenvalue weighted by Gasteiger charge is 2.27. The Kier molecular flexibility index (Phi) is 6.62. The lowest BCUT2D eigenvalue weighted by Gasteiger charge is -2.36. The van der Waals surface area contributed by atoms with Crippen molar-refractivity contribution in [3.05, 3.63) is 113 Å². The monoisotopic (exact) mass is 540 g/mol. The fourth-order valence-corrected chi connectivity index (χ4v) is 5.65. The van der Waals surface area contributed by atoms with Crippen molar-refractivity contribution in [1.82, 2.24) is 39.6 Å². The van der Waals surface area contributed by atoms with Gasteiger partial charge in [0.2, 0.25) is 5.82 Å². The van der Waals surface area contributed by atoms with Crippen molar-refractivity contribution in [2.75, 3.05) is 6.54 Å². The first kappa shape index (κ1) is 25.0. The maximum absolute atomic E-state index is 13.0. The van der Waals surface area contributed by atoms with Crippen molar-refractivity contribution in [3.8, 4) is 34.2 Å². The fourth-order valence-electron chi connectivity index (χ4n) is 5.65. The van der Waals surface area contributed by atoms with Crippen molar-refractivity contribution in [2.45, 2.75) is 32.0 Å². The van der Waals surface area contributed by atoms with Gasteiger partial charge in [0.05, 0.1) is 17.2 Å². The zero-order valence-corrected chi connectivity index (χ0v) is 22.4. The molecule has 0 saturated carbocycles. The van der Waals surface area contributed by atoms with Crippen LogP contribution in [0.4, 0.5) is 0 Å². The number of benzene rings is 3. The molecule has 202 valence electrons. The van der Waals surface area contributed by atoms with E-state index in [0.29, 0.717) is 17.3 Å². The summed E-state index contributed by atoms with van der Waals surface area (Å²) >= 11 is 0. The average Bonchev–Trinajstić information content (AvgIpc) is 3.38. The summed E-state index contributed by atoms with van der Waals surface area (Å²) in [5.74, 6) is 0.811. The number of fused-ring (bicyclic) bond motifs is 1. The predicted octanol–water partition coefficient (Wildman–Crippen LogP) is 5.49. The van der Waals surface area contributed by atoms with Crippen LogP contribution in [0.1, 0.15) is 31.0 Å². The van der Waals surface area contributed by atoms with Gasteiger partial charge >= 0.3 is 5.69 Å². The third kappa shape index (κ3) is 4.92. The SMILES string of the molecule is O=c1[nH]c2ccccc2n1C1CCCCN1Cc1ccc(-c2nc(-c3ncccn3)nnc2-c2ccccc2)cc1. The molecule has 1 atom stereocenters. The molecule has 1 aliphatic heterocycles. The van der Waals surface area contributed by atoms with E-state index < -0.39 is 0 Å². The molecule has 6 aromatic rings. The topological polar surface area (TPSA) is 105 Å². The summed E-state index contributed by atoms with van der Waals surface area (Å²) in [6.45, 7) is 1.68. The number of likely N-dealkylation sites (tertiary alicyclic amines) is 1. The van der Waals surface area contributed by atoms with Crippen molar-refractivity contribution >= 4 is 11.0 Å². The van der Waals surface area contributed by atoms with Crippen LogP contribution in [0.2, 0.25) is 0 Å². The molecule has 3 aromatic carbocycles. The maximum Gasteiger partial charge on any atom is 0.327 e. The minimum absolute atomic E-state index is 0.0104. The number of hydrogen-bond donors (Lipinski definition) is 1. The molecular weight excluding hydrogens is 512 g/mol. The Morgan fingerprint density at radius 1 is 0.756 bits per heavy atom. The van der Waals surface area contributed by atoms with Gasteiger partial charge in [0.25, 0.3) is 0 Å². The lowest BCUT2D eigenvalue weighted by molar-refractivity contribution is 0.0881. The molecule has 41 heavy (non-hydrogen) atoms. The van der Waals surface area contributed by atoms with E-state index in [9.17, 15) is 4.79 Å². The van der Waals surface area contributed by atoms with Crippen LogP contribution in [0.5, 0.6) is 0 Å². The fraction of sp³-hybridized carbons (Fsp3) is 0.188. The molecule has 3 aromatic heterocycles. The van der Waals surface area contributed by atoms with Gasteiger partial charge in [-0.2, -0.15) is 0 Å². The Morgan fingerprint density at radius 3 is 2.34 bits per heavy atom. The van der Waals surface area contributed by atoms with Gasteiger partial charge in [-0.25, -0.2) is 19.7 Å². The number of imidazole rings is 1. The summed E-state index contributed by atoms with van der Waals surface area (Å²) in [7, 11) is 0. The molecule has 1 fully saturated rings. The minimum atomic E-state index is -0.0543. The number of nitrogens with one attached hydrogen (secondary N) is 1. The molecule has 0 aliphatic carbocycles. The van der Waals surface area contributed by atoms with E-state index in [4.69, 9.17) is 4.98 Å². The summed E-state index contributed by atoms with van der Waals surface area (Å²) in [4.78, 5) is 31.9. The molecule has 4 heterocycles. The summed E-state index contributed by atoms with van der Waals surface area (Å²) in [6, 6.07) is 28.0. The molecule has 1 N–H and O–H groups in total. The lowest BCUT2D eigenvalue weighted by Crippen LogP contribution is -2.39. The van der Waals surface area contributed by atoms with Gasteiger partial charge in [-0.15, -0.1) is 10.2 Å². The Balaban J connectivity index is 1.21. The number of para-hydroxylation sites is 2. The first-order chi connectivity index (χ1) is 20.2. The number of rotatable bonds is 6. The van der Waals surface area contributed by atoms with E-state index >= 15 is 0 Å². The third-order valence-electron chi connectivity index (χ3n) is 7.61. The zero-order valence-electron chi connectivity index (χ0n) is 22.4. The van der Waals surface area contributed by atoms with Crippen LogP contribution in [0.25, 0.3) is 45.2 Å². The molecule has 9 heteroatoms. The summed E-state index contributed by atoms with van der Waals surface area (Å²) in [5, 5.41) is 8.90. The van der Waals surface area contributed by atoms with Gasteiger partial charge in [-0.1, -0.05) is 66.7 Å². The highest BCUT2D eigenvalue weighted by molar-refractivity contribution is 5.78. The number of H-pyrrole nitrogens is 1. The molecule has 0 bridgehead atoms. The van der Waals surface area contributed by atoms with Crippen molar-refractivity contribution in [2.24, 2.45) is 0 Å². The Labute approximate surface area is 236 Å². The van der Waals surface area contributed by atoms with Crippen LogP contribution in [0.3, 0.4) is 0 Å². The zero-order chi connectivity index (χ0) is 27.6. The molecule has 1 aliphatic rings. The minimum Gasteiger partial charge on any atom is -0.305 e. The lowest BCUT2D eigenvalue weighted by atomic mass is 10.0. The second-order valence-corrected chi connectivity index (χ2v) is 10.2. The van der Waals surface area contributed by atoms with E-state index in [1.807, 2.05) is 59.2 Å². The van der Waals surface area contributed by atoms with Crippen LogP contribution in [-0.2, 0) is 6.54 Å². The Bertz CT molecular complexity index is 1850. The first-order valence-corrected chi connectivity index (χ1v) is 13.8. The van der Waals surface area contributed by atoms with E-state index in [-0.39, 0.29) is 11.9 Å². The highest BCUT2D eigenvalue weighted by Crippen LogP contribution is 2.32. The van der Waals surface area contributed by atoms with Crippen molar-refractivity contribution in [3.63, 3.8) is 0 Å². The second-order valence-electron chi connectivity index (χ2n) is 10.2. The standard InChI is InChI=1S/C32H28N8O/c41-32-35-25-11-4-5-12-26(25)40(32)27-13-6-7-20-39(27)21-22-14-16-24(17-15-22)28-29(23-9-2-1-3-10-23)37-38-31(36-28)30-33-18-8-19-34-30/h1-5,8-12,14-19,27H,6-7,13,20-21H2,(H,35,41). The number of nitrogens with zero attached hydrogens (tertiary/aromatic N) is 7. The second kappa shape index (κ2) is 10.9. The van der Waals surface area contributed by atoms with Gasteiger partial charge in [0.15, 0.2) is 5.82 Å². The number of aromatic nitrogens is 7. The van der Waals surface area contributed by atoms with Crippen LogP contribution in [0, 0.1) is 0 Å². The molecule has 1 saturated heterocycles. The molecule has 7 rings (SSSR count). The molecule has 0 amide bonds. The van der Waals surface area contributed by atoms with Crippen LogP contribution < -0.4 is 5.69 Å². The van der Waals surface area contributed by atoms with E-state index in [1.54, 1.807) is 18.5 Å². The van der Waals surface area contributed by atoms with Crippen molar-refractivity contribution in [1.29, 1.82) is 0 Å². The summed E-state index contributed by atoms with van der Waals surface area (Å²) < 4.78 is 1.93. The van der Waals surface area contributed by atoms with Crippen LogP contribution in [-0.4, -0.2) is 46.1 Å². The van der Waals surface area contributed by atoms with Gasteiger partial charge in [0.1, 0.15) is 11.4 Å². The van der Waals surface area contributed by atoms with Gasteiger partial charge in [0, 0.05) is 36.6 Å². The largest absolute Gasteiger partial charge is 0.327 e. The number of piperidine rings is 1. The van der Waals surface area contributed by atoms with Gasteiger partial charge in [-0.3, -0.25) is 9.47 Å². The quantitative estimate of drug-likeness (QED) is 0.298. The van der Waals surface area contributed by atoms with Gasteiger partial charge in [-0.05, 0) is 43.0 Å². The van der Waals surface area contributed by atoms with E-state index in [1.165, 1.54) is 5.56 Å². The Morgan fingerprint density at radius 2 is 1.51 bits per heavy atom. The third-order valence-corrected chi connectivity index (χ3v) is 7.61. The number of hydrogen-bond acceptors (Lipinski definition) is 7. The van der Waals surface area contributed by atoms with Crippen molar-refractivity contribution < 1.29 is 0 Å². The number of aromatic amines is 1. The van der Waals surface area contributed by atoms with Crippen LogP contribution >= 0.6 is 0 Å². The average molecular weight is 541 g/mol. The summed E-state index contributed by atoms with van der Waals surface area (Å²) in [6.07, 6.45) is 6.51. The summed E-state index contributed by atoms with van der Waals surface area (Å²) in [5.41, 5.74) is 6.24. The molecule has 1 unspecified atom stereocenters. The molecule has 0 spiro atoms. The van der Waals surface area contributed by atoms with Gasteiger partial charge < -0.3 is 4.98 Å². The molecule has 9 nitrogen and oxygen atoms in total. The first-order valence-electron chi connectivity index (χ1n) is 13.8.